The van der Waals surface area contributed by atoms with Crippen molar-refractivity contribution in [2.24, 2.45) is 0 Å². The molecule has 0 spiro atoms. The Morgan fingerprint density at radius 3 is 2.33 bits per heavy atom. The first-order valence-electron chi connectivity index (χ1n) is 10.2. The van der Waals surface area contributed by atoms with E-state index in [0.29, 0.717) is 43.2 Å². The van der Waals surface area contributed by atoms with Crippen LogP contribution in [0, 0.1) is 6.92 Å². The summed E-state index contributed by atoms with van der Waals surface area (Å²) in [6.45, 7) is 10.3. The van der Waals surface area contributed by atoms with E-state index in [4.69, 9.17) is 9.47 Å². The lowest BCUT2D eigenvalue weighted by Gasteiger charge is -2.23. The maximum Gasteiger partial charge on any atom is 0.255 e. The van der Waals surface area contributed by atoms with E-state index in [1.807, 2.05) is 37.3 Å². The maximum atomic E-state index is 12.7. The van der Waals surface area contributed by atoms with Crippen LogP contribution in [0.15, 0.2) is 42.5 Å². The monoisotopic (exact) mass is 410 g/mol. The summed E-state index contributed by atoms with van der Waals surface area (Å²) in [5.41, 5.74) is 3.76. The molecule has 6 heteroatoms. The van der Waals surface area contributed by atoms with Gasteiger partial charge in [0.2, 0.25) is 0 Å². The maximum absolute atomic E-state index is 12.7. The molecule has 2 aromatic carbocycles. The molecule has 1 fully saturated rings. The van der Waals surface area contributed by atoms with Crippen LogP contribution < -0.4 is 10.6 Å². The Balaban J connectivity index is 1.65. The SMILES string of the molecule is Cc1ccc(C(=O)NCC2COCCO2)cc1NC(=O)c1ccc(C(C)(C)C)cc1. The van der Waals surface area contributed by atoms with Gasteiger partial charge in [-0.05, 0) is 47.7 Å². The van der Waals surface area contributed by atoms with Crippen LogP contribution in [0.3, 0.4) is 0 Å². The third-order valence-electron chi connectivity index (χ3n) is 5.14. The summed E-state index contributed by atoms with van der Waals surface area (Å²) in [6.07, 6.45) is -0.136. The lowest BCUT2D eigenvalue weighted by Crippen LogP contribution is -2.39. The first kappa shape index (κ1) is 22.0. The zero-order chi connectivity index (χ0) is 21.7. The van der Waals surface area contributed by atoms with Crippen molar-refractivity contribution in [3.8, 4) is 0 Å². The van der Waals surface area contributed by atoms with Gasteiger partial charge in [-0.2, -0.15) is 0 Å². The largest absolute Gasteiger partial charge is 0.376 e. The highest BCUT2D eigenvalue weighted by molar-refractivity contribution is 6.05. The van der Waals surface area contributed by atoms with E-state index in [1.54, 1.807) is 12.1 Å². The van der Waals surface area contributed by atoms with Crippen molar-refractivity contribution < 1.29 is 19.1 Å². The highest BCUT2D eigenvalue weighted by Crippen LogP contribution is 2.23. The van der Waals surface area contributed by atoms with Crippen LogP contribution in [0.4, 0.5) is 5.69 Å². The smallest absolute Gasteiger partial charge is 0.255 e. The molecule has 2 N–H and O–H groups in total. The molecule has 2 aromatic rings. The number of nitrogens with one attached hydrogen (secondary N) is 2. The fraction of sp³-hybridized carbons (Fsp3) is 0.417. The van der Waals surface area contributed by atoms with Crippen LogP contribution >= 0.6 is 0 Å². The van der Waals surface area contributed by atoms with Crippen molar-refractivity contribution in [3.05, 3.63) is 64.7 Å². The summed E-state index contributed by atoms with van der Waals surface area (Å²) < 4.78 is 10.9. The number of anilines is 1. The predicted molar refractivity (Wildman–Crippen MR) is 117 cm³/mol. The Labute approximate surface area is 178 Å². The Hall–Kier alpha value is -2.70. The molecule has 1 atom stereocenters. The van der Waals surface area contributed by atoms with Gasteiger partial charge in [-0.3, -0.25) is 9.59 Å². The van der Waals surface area contributed by atoms with E-state index in [0.717, 1.165) is 5.56 Å². The van der Waals surface area contributed by atoms with Gasteiger partial charge in [0.25, 0.3) is 11.8 Å². The van der Waals surface area contributed by atoms with Crippen LogP contribution in [-0.4, -0.2) is 44.3 Å². The lowest BCUT2D eigenvalue weighted by molar-refractivity contribution is -0.0855. The molecule has 1 aliphatic rings. The van der Waals surface area contributed by atoms with Gasteiger partial charge in [0.15, 0.2) is 0 Å². The van der Waals surface area contributed by atoms with E-state index < -0.39 is 0 Å². The van der Waals surface area contributed by atoms with Gasteiger partial charge in [-0.15, -0.1) is 0 Å². The summed E-state index contributed by atoms with van der Waals surface area (Å²) in [5, 5.41) is 5.79. The Morgan fingerprint density at radius 2 is 1.70 bits per heavy atom. The predicted octanol–water partition coefficient (Wildman–Crippen LogP) is 3.69. The third-order valence-corrected chi connectivity index (χ3v) is 5.14. The van der Waals surface area contributed by atoms with Gasteiger partial charge >= 0.3 is 0 Å². The Morgan fingerprint density at radius 1 is 1.00 bits per heavy atom. The summed E-state index contributed by atoms with van der Waals surface area (Å²) >= 11 is 0. The molecule has 2 amide bonds. The molecule has 0 aliphatic carbocycles. The highest BCUT2D eigenvalue weighted by Gasteiger charge is 2.17. The number of benzene rings is 2. The molecule has 0 bridgehead atoms. The fourth-order valence-corrected chi connectivity index (χ4v) is 3.18. The van der Waals surface area contributed by atoms with Crippen molar-refractivity contribution in [3.63, 3.8) is 0 Å². The number of amides is 2. The average Bonchev–Trinajstić information content (AvgIpc) is 2.73. The van der Waals surface area contributed by atoms with Crippen LogP contribution in [0.25, 0.3) is 0 Å². The minimum atomic E-state index is -0.214. The molecule has 1 saturated heterocycles. The Bertz CT molecular complexity index is 894. The van der Waals surface area contributed by atoms with Gasteiger partial charge in [-0.25, -0.2) is 0 Å². The standard InChI is InChI=1S/C24H30N2O4/c1-16-5-6-18(22(27)25-14-20-15-29-11-12-30-20)13-21(16)26-23(28)17-7-9-19(10-8-17)24(2,3)4/h5-10,13,20H,11-12,14-15H2,1-4H3,(H,25,27)(H,26,28). The zero-order valence-corrected chi connectivity index (χ0v) is 18.1. The van der Waals surface area contributed by atoms with Crippen LogP contribution in [0.1, 0.15) is 52.6 Å². The van der Waals surface area contributed by atoms with E-state index in [9.17, 15) is 9.59 Å². The van der Waals surface area contributed by atoms with Gasteiger partial charge in [0.05, 0.1) is 25.9 Å². The van der Waals surface area contributed by atoms with E-state index in [2.05, 4.69) is 31.4 Å². The Kier molecular flexibility index (Phi) is 6.90. The molecule has 160 valence electrons. The number of hydrogen-bond donors (Lipinski definition) is 2. The van der Waals surface area contributed by atoms with Crippen LogP contribution in [0.5, 0.6) is 0 Å². The van der Waals surface area contributed by atoms with E-state index >= 15 is 0 Å². The van der Waals surface area contributed by atoms with Crippen molar-refractivity contribution in [2.75, 3.05) is 31.7 Å². The molecule has 1 aliphatic heterocycles. The molecular formula is C24H30N2O4. The van der Waals surface area contributed by atoms with Crippen LogP contribution in [0.2, 0.25) is 0 Å². The molecule has 6 nitrogen and oxygen atoms in total. The molecule has 0 saturated carbocycles. The quantitative estimate of drug-likeness (QED) is 0.788. The number of carbonyl (C=O) groups excluding carboxylic acids is 2. The van der Waals surface area contributed by atoms with E-state index in [1.165, 1.54) is 5.56 Å². The zero-order valence-electron chi connectivity index (χ0n) is 18.1. The minimum Gasteiger partial charge on any atom is -0.376 e. The summed E-state index contributed by atoms with van der Waals surface area (Å²) in [5.74, 6) is -0.418. The molecule has 0 radical (unpaired) electrons. The number of ether oxygens (including phenoxy) is 2. The van der Waals surface area contributed by atoms with Gasteiger partial charge < -0.3 is 20.1 Å². The average molecular weight is 411 g/mol. The van der Waals surface area contributed by atoms with Crippen molar-refractivity contribution in [1.82, 2.24) is 5.32 Å². The van der Waals surface area contributed by atoms with Gasteiger partial charge in [-0.1, -0.05) is 39.0 Å². The molecule has 0 aromatic heterocycles. The number of rotatable bonds is 5. The number of hydrogen-bond acceptors (Lipinski definition) is 4. The molecule has 30 heavy (non-hydrogen) atoms. The fourth-order valence-electron chi connectivity index (χ4n) is 3.18. The summed E-state index contributed by atoms with van der Waals surface area (Å²) in [4.78, 5) is 25.2. The second-order valence-electron chi connectivity index (χ2n) is 8.59. The molecule has 1 unspecified atom stereocenters. The normalized spacial score (nSPS) is 16.7. The second kappa shape index (κ2) is 9.41. The highest BCUT2D eigenvalue weighted by atomic mass is 16.6. The van der Waals surface area contributed by atoms with Crippen molar-refractivity contribution in [2.45, 2.75) is 39.2 Å². The number of carbonyl (C=O) groups is 2. The lowest BCUT2D eigenvalue weighted by atomic mass is 9.86. The topological polar surface area (TPSA) is 76.7 Å². The number of aryl methyl sites for hydroxylation is 1. The molecule has 1 heterocycles. The summed E-state index contributed by atoms with van der Waals surface area (Å²) in [6, 6.07) is 12.9. The second-order valence-corrected chi connectivity index (χ2v) is 8.59. The van der Waals surface area contributed by atoms with Crippen molar-refractivity contribution >= 4 is 17.5 Å². The van der Waals surface area contributed by atoms with E-state index in [-0.39, 0.29) is 23.3 Å². The van der Waals surface area contributed by atoms with Crippen LogP contribution in [-0.2, 0) is 14.9 Å². The van der Waals surface area contributed by atoms with Gasteiger partial charge in [0.1, 0.15) is 0 Å². The summed E-state index contributed by atoms with van der Waals surface area (Å²) in [7, 11) is 0. The van der Waals surface area contributed by atoms with Gasteiger partial charge in [0, 0.05) is 23.4 Å². The molecule has 3 rings (SSSR count). The minimum absolute atomic E-state index is 0.0298. The first-order chi connectivity index (χ1) is 14.2. The third kappa shape index (κ3) is 5.68. The first-order valence-corrected chi connectivity index (χ1v) is 10.2. The molecular weight excluding hydrogens is 380 g/mol. The van der Waals surface area contributed by atoms with Crippen molar-refractivity contribution in [1.29, 1.82) is 0 Å².